The van der Waals surface area contributed by atoms with Gasteiger partial charge < -0.3 is 5.73 Å². The summed E-state index contributed by atoms with van der Waals surface area (Å²) < 4.78 is 0. The first kappa shape index (κ1) is 11.9. The summed E-state index contributed by atoms with van der Waals surface area (Å²) in [7, 11) is 0. The van der Waals surface area contributed by atoms with Crippen molar-refractivity contribution in [3.05, 3.63) is 40.4 Å². The third kappa shape index (κ3) is 1.98. The van der Waals surface area contributed by atoms with Crippen LogP contribution in [0.25, 0.3) is 10.6 Å². The second-order valence-corrected chi connectivity index (χ2v) is 6.24. The molecular weight excluding hydrogens is 240 g/mol. The summed E-state index contributed by atoms with van der Waals surface area (Å²) in [6, 6.07) is 8.86. The van der Waals surface area contributed by atoms with E-state index in [9.17, 15) is 0 Å². The Morgan fingerprint density at radius 3 is 2.61 bits per heavy atom. The molecule has 0 spiro atoms. The Labute approximate surface area is 112 Å². The first-order valence-corrected chi connectivity index (χ1v) is 7.25. The molecule has 18 heavy (non-hydrogen) atoms. The van der Waals surface area contributed by atoms with Crippen LogP contribution in [0.2, 0.25) is 0 Å². The minimum absolute atomic E-state index is 0.401. The van der Waals surface area contributed by atoms with E-state index in [0.717, 1.165) is 17.8 Å². The maximum Gasteiger partial charge on any atom is 0.124 e. The average molecular weight is 258 g/mol. The van der Waals surface area contributed by atoms with Gasteiger partial charge in [0.05, 0.1) is 5.69 Å². The Morgan fingerprint density at radius 1 is 1.22 bits per heavy atom. The van der Waals surface area contributed by atoms with Crippen LogP contribution in [0.1, 0.15) is 34.9 Å². The molecule has 2 aromatic rings. The van der Waals surface area contributed by atoms with Crippen molar-refractivity contribution in [2.75, 3.05) is 0 Å². The lowest BCUT2D eigenvalue weighted by Gasteiger charge is -2.31. The predicted molar refractivity (Wildman–Crippen MR) is 77.0 cm³/mol. The summed E-state index contributed by atoms with van der Waals surface area (Å²) in [5, 5.41) is 1.15. The molecule has 2 N–H and O–H groups in total. The zero-order chi connectivity index (χ0) is 12.7. The van der Waals surface area contributed by atoms with Crippen molar-refractivity contribution >= 4 is 11.3 Å². The number of hydrogen-bond donors (Lipinski definition) is 1. The first-order chi connectivity index (χ1) is 8.65. The van der Waals surface area contributed by atoms with Gasteiger partial charge in [0, 0.05) is 16.5 Å². The zero-order valence-corrected chi connectivity index (χ0v) is 11.6. The normalized spacial score (nSPS) is 22.8. The van der Waals surface area contributed by atoms with E-state index in [2.05, 4.69) is 38.1 Å². The highest BCUT2D eigenvalue weighted by Crippen LogP contribution is 2.42. The van der Waals surface area contributed by atoms with E-state index < -0.39 is 0 Å². The van der Waals surface area contributed by atoms with Crippen LogP contribution in [-0.4, -0.2) is 11.0 Å². The maximum absolute atomic E-state index is 5.88. The standard InChI is InChI=1S/C15H18N2S/c1-9-5-3-4-6-13(9)15-17-10(2)14(18-15)11-7-12(16)8-11/h3-6,11-12H,7-8,16H2,1-2H3. The third-order valence-corrected chi connectivity index (χ3v) is 5.11. The van der Waals surface area contributed by atoms with E-state index in [1.54, 1.807) is 0 Å². The minimum Gasteiger partial charge on any atom is -0.328 e. The molecule has 1 aromatic heterocycles. The Hall–Kier alpha value is -1.19. The number of aryl methyl sites for hydroxylation is 2. The lowest BCUT2D eigenvalue weighted by molar-refractivity contribution is 0.354. The van der Waals surface area contributed by atoms with Gasteiger partial charge in [0.1, 0.15) is 5.01 Å². The van der Waals surface area contributed by atoms with Crippen LogP contribution in [0.5, 0.6) is 0 Å². The number of hydrogen-bond acceptors (Lipinski definition) is 3. The average Bonchev–Trinajstić information content (AvgIpc) is 2.67. The highest BCUT2D eigenvalue weighted by molar-refractivity contribution is 7.15. The van der Waals surface area contributed by atoms with E-state index in [4.69, 9.17) is 10.7 Å². The molecule has 0 radical (unpaired) electrons. The number of nitrogens with two attached hydrogens (primary N) is 1. The lowest BCUT2D eigenvalue weighted by Crippen LogP contribution is -2.34. The molecule has 1 fully saturated rings. The fraction of sp³-hybridized carbons (Fsp3) is 0.400. The van der Waals surface area contributed by atoms with Gasteiger partial charge in [-0.3, -0.25) is 0 Å². The summed E-state index contributed by atoms with van der Waals surface area (Å²) in [5.41, 5.74) is 9.63. The molecule has 3 rings (SSSR count). The summed E-state index contributed by atoms with van der Waals surface area (Å²) in [5.74, 6) is 0.648. The Balaban J connectivity index is 1.95. The van der Waals surface area contributed by atoms with Crippen LogP contribution in [0.15, 0.2) is 24.3 Å². The van der Waals surface area contributed by atoms with E-state index in [1.165, 1.54) is 21.7 Å². The van der Waals surface area contributed by atoms with E-state index >= 15 is 0 Å². The van der Waals surface area contributed by atoms with Crippen LogP contribution < -0.4 is 5.73 Å². The van der Waals surface area contributed by atoms with Gasteiger partial charge >= 0.3 is 0 Å². The molecule has 0 amide bonds. The molecule has 1 heterocycles. The summed E-state index contributed by atoms with van der Waals surface area (Å²) in [4.78, 5) is 6.19. The molecule has 94 valence electrons. The number of aromatic nitrogens is 1. The van der Waals surface area contributed by atoms with Crippen molar-refractivity contribution in [2.45, 2.75) is 38.6 Å². The Bertz CT molecular complexity index is 568. The minimum atomic E-state index is 0.401. The summed E-state index contributed by atoms with van der Waals surface area (Å²) in [6.07, 6.45) is 2.24. The molecule has 0 atom stereocenters. The molecule has 1 aliphatic carbocycles. The van der Waals surface area contributed by atoms with Crippen molar-refractivity contribution in [3.8, 4) is 10.6 Å². The SMILES string of the molecule is Cc1ccccc1-c1nc(C)c(C2CC(N)C2)s1. The monoisotopic (exact) mass is 258 g/mol. The van der Waals surface area contributed by atoms with Gasteiger partial charge in [-0.15, -0.1) is 11.3 Å². The second kappa shape index (κ2) is 4.48. The molecule has 1 saturated carbocycles. The van der Waals surface area contributed by atoms with Crippen molar-refractivity contribution in [1.29, 1.82) is 0 Å². The first-order valence-electron chi connectivity index (χ1n) is 6.44. The van der Waals surface area contributed by atoms with E-state index in [1.807, 2.05) is 11.3 Å². The number of nitrogens with zero attached hydrogens (tertiary/aromatic N) is 1. The number of thiazole rings is 1. The fourth-order valence-corrected chi connectivity index (χ4v) is 3.87. The molecule has 0 aliphatic heterocycles. The number of benzene rings is 1. The lowest BCUT2D eigenvalue weighted by atomic mass is 9.79. The third-order valence-electron chi connectivity index (χ3n) is 3.75. The zero-order valence-electron chi connectivity index (χ0n) is 10.8. The van der Waals surface area contributed by atoms with Crippen LogP contribution >= 0.6 is 11.3 Å². The van der Waals surface area contributed by atoms with Gasteiger partial charge in [0.2, 0.25) is 0 Å². The van der Waals surface area contributed by atoms with Gasteiger partial charge in [-0.25, -0.2) is 4.98 Å². The highest BCUT2D eigenvalue weighted by Gasteiger charge is 2.30. The molecule has 1 aliphatic rings. The summed E-state index contributed by atoms with van der Waals surface area (Å²) in [6.45, 7) is 4.27. The van der Waals surface area contributed by atoms with Gasteiger partial charge in [-0.2, -0.15) is 0 Å². The molecule has 2 nitrogen and oxygen atoms in total. The predicted octanol–water partition coefficient (Wildman–Crippen LogP) is 3.63. The van der Waals surface area contributed by atoms with Crippen molar-refractivity contribution in [2.24, 2.45) is 5.73 Å². The largest absolute Gasteiger partial charge is 0.328 e. The topological polar surface area (TPSA) is 38.9 Å². The van der Waals surface area contributed by atoms with E-state index in [-0.39, 0.29) is 0 Å². The van der Waals surface area contributed by atoms with Crippen LogP contribution in [0.3, 0.4) is 0 Å². The molecular formula is C15H18N2S. The van der Waals surface area contributed by atoms with Gasteiger partial charge in [0.25, 0.3) is 0 Å². The summed E-state index contributed by atoms with van der Waals surface area (Å²) >= 11 is 1.85. The maximum atomic E-state index is 5.88. The molecule has 1 aromatic carbocycles. The van der Waals surface area contributed by atoms with Gasteiger partial charge in [-0.05, 0) is 38.2 Å². The molecule has 0 unspecified atom stereocenters. The van der Waals surface area contributed by atoms with Crippen LogP contribution in [-0.2, 0) is 0 Å². The quantitative estimate of drug-likeness (QED) is 0.893. The van der Waals surface area contributed by atoms with Crippen molar-refractivity contribution in [3.63, 3.8) is 0 Å². The van der Waals surface area contributed by atoms with E-state index in [0.29, 0.717) is 12.0 Å². The molecule has 0 saturated heterocycles. The molecule has 3 heteroatoms. The van der Waals surface area contributed by atoms with Crippen molar-refractivity contribution < 1.29 is 0 Å². The number of rotatable bonds is 2. The molecule has 0 bridgehead atoms. The fourth-order valence-electron chi connectivity index (χ4n) is 2.59. The smallest absolute Gasteiger partial charge is 0.124 e. The van der Waals surface area contributed by atoms with Crippen molar-refractivity contribution in [1.82, 2.24) is 4.98 Å². The highest BCUT2D eigenvalue weighted by atomic mass is 32.1. The van der Waals surface area contributed by atoms with Gasteiger partial charge in [-0.1, -0.05) is 24.3 Å². The van der Waals surface area contributed by atoms with Crippen LogP contribution in [0.4, 0.5) is 0 Å². The van der Waals surface area contributed by atoms with Gasteiger partial charge in [0.15, 0.2) is 0 Å². The Kier molecular flexibility index (Phi) is 2.96. The second-order valence-electron chi connectivity index (χ2n) is 5.21. The Morgan fingerprint density at radius 2 is 1.94 bits per heavy atom. The van der Waals surface area contributed by atoms with Crippen LogP contribution in [0, 0.1) is 13.8 Å².